The van der Waals surface area contributed by atoms with Crippen LogP contribution in [0.2, 0.25) is 0 Å². The fourth-order valence-electron chi connectivity index (χ4n) is 3.23. The Morgan fingerprint density at radius 2 is 1.92 bits per heavy atom. The van der Waals surface area contributed by atoms with Crippen LogP contribution in [0.5, 0.6) is 0 Å². The Bertz CT molecular complexity index is 802. The number of rotatable bonds is 4. The Hall–Kier alpha value is -2.60. The minimum absolute atomic E-state index is 0.242. The molecule has 0 bridgehead atoms. The van der Waals surface area contributed by atoms with Gasteiger partial charge < -0.3 is 20.5 Å². The average molecular weight is 344 g/mol. The van der Waals surface area contributed by atoms with Crippen LogP contribution in [0.15, 0.2) is 30.4 Å². The number of carbonyl (C=O) groups is 2. The summed E-state index contributed by atoms with van der Waals surface area (Å²) in [5, 5.41) is 17.1. The van der Waals surface area contributed by atoms with Gasteiger partial charge in [-0.25, -0.2) is 9.59 Å². The van der Waals surface area contributed by atoms with Crippen molar-refractivity contribution in [1.29, 1.82) is 0 Å². The molecular weight excluding hydrogens is 320 g/mol. The Labute approximate surface area is 146 Å². The van der Waals surface area contributed by atoms with Crippen molar-refractivity contribution in [2.24, 2.45) is 5.73 Å². The quantitative estimate of drug-likeness (QED) is 0.739. The molecule has 0 saturated heterocycles. The fourth-order valence-corrected chi connectivity index (χ4v) is 3.23. The first kappa shape index (κ1) is 18.7. The zero-order valence-corrected chi connectivity index (χ0v) is 14.5. The molecule has 3 rings (SSSR count). The molecule has 0 amide bonds. The van der Waals surface area contributed by atoms with Gasteiger partial charge in [-0.15, -0.1) is 0 Å². The first-order valence-corrected chi connectivity index (χ1v) is 8.29. The molecule has 25 heavy (non-hydrogen) atoms. The smallest absolute Gasteiger partial charge is 0.328 e. The molecule has 6 heteroatoms. The lowest BCUT2D eigenvalue weighted by molar-refractivity contribution is -0.134. The molecule has 1 aromatic carbocycles. The number of nitrogens with zero attached hydrogens (tertiary/aromatic N) is 1. The Kier molecular flexibility index (Phi) is 5.98. The average Bonchev–Trinajstić information content (AvgIpc) is 3.08. The van der Waals surface area contributed by atoms with Gasteiger partial charge in [0.1, 0.15) is 0 Å². The number of nitrogens with two attached hydrogens (primary N) is 1. The van der Waals surface area contributed by atoms with Crippen LogP contribution in [0, 0.1) is 6.92 Å². The van der Waals surface area contributed by atoms with Gasteiger partial charge in [0, 0.05) is 41.3 Å². The third-order valence-electron chi connectivity index (χ3n) is 4.13. The van der Waals surface area contributed by atoms with Crippen molar-refractivity contribution in [2.45, 2.75) is 45.7 Å². The number of aliphatic carboxylic acids is 2. The number of aromatic nitrogens is 1. The van der Waals surface area contributed by atoms with Crippen LogP contribution in [-0.4, -0.2) is 32.8 Å². The Balaban J connectivity index is 0.000000242. The Morgan fingerprint density at radius 3 is 2.48 bits per heavy atom. The molecule has 1 aromatic heterocycles. The molecule has 134 valence electrons. The summed E-state index contributed by atoms with van der Waals surface area (Å²) in [5.41, 5.74) is 11.8. The number of hydrogen-bond donors (Lipinski definition) is 3. The molecule has 1 unspecified atom stereocenters. The van der Waals surface area contributed by atoms with Crippen LogP contribution in [0.3, 0.4) is 0 Å². The van der Waals surface area contributed by atoms with Gasteiger partial charge in [-0.3, -0.25) is 0 Å². The maximum absolute atomic E-state index is 9.55. The molecule has 0 spiro atoms. The van der Waals surface area contributed by atoms with Crippen molar-refractivity contribution < 1.29 is 19.8 Å². The summed E-state index contributed by atoms with van der Waals surface area (Å²) in [6.07, 6.45) is 4.62. The standard InChI is InChI=1S/C15H20N2.C4H4O4/c1-10-5-6-15-12(8-10)13(9-11(2)16)14-4-3-7-17(14)15;5-3(6)1-2-4(7)8/h5-6,8,11H,3-4,7,9,16H2,1-2H3;1-2H,(H,5,6)(H,7,8)/b;2-1+. The number of hydrogen-bond acceptors (Lipinski definition) is 3. The molecule has 6 nitrogen and oxygen atoms in total. The minimum Gasteiger partial charge on any atom is -0.478 e. The second-order valence-corrected chi connectivity index (χ2v) is 6.39. The van der Waals surface area contributed by atoms with Crippen molar-refractivity contribution in [3.05, 3.63) is 47.2 Å². The number of carboxylic acid groups (broad SMARTS) is 2. The summed E-state index contributed by atoms with van der Waals surface area (Å²) in [7, 11) is 0. The van der Waals surface area contributed by atoms with E-state index in [-0.39, 0.29) is 6.04 Å². The van der Waals surface area contributed by atoms with Crippen LogP contribution in [0.4, 0.5) is 0 Å². The maximum atomic E-state index is 9.55. The molecule has 2 aromatic rings. The van der Waals surface area contributed by atoms with E-state index >= 15 is 0 Å². The van der Waals surface area contributed by atoms with Gasteiger partial charge >= 0.3 is 11.9 Å². The summed E-state index contributed by atoms with van der Waals surface area (Å²) in [4.78, 5) is 19.1. The van der Waals surface area contributed by atoms with E-state index in [9.17, 15) is 9.59 Å². The van der Waals surface area contributed by atoms with E-state index in [2.05, 4.69) is 36.6 Å². The number of aryl methyl sites for hydroxylation is 2. The van der Waals surface area contributed by atoms with Crippen LogP contribution in [-0.2, 0) is 29.0 Å². The highest BCUT2D eigenvalue weighted by atomic mass is 16.4. The number of carboxylic acids is 2. The first-order valence-electron chi connectivity index (χ1n) is 8.29. The lowest BCUT2D eigenvalue weighted by Crippen LogP contribution is -2.18. The first-order chi connectivity index (χ1) is 11.8. The van der Waals surface area contributed by atoms with Crippen LogP contribution >= 0.6 is 0 Å². The van der Waals surface area contributed by atoms with Crippen molar-refractivity contribution in [3.8, 4) is 0 Å². The highest BCUT2D eigenvalue weighted by molar-refractivity contribution is 5.89. The minimum atomic E-state index is -1.26. The van der Waals surface area contributed by atoms with Crippen molar-refractivity contribution in [3.63, 3.8) is 0 Å². The molecular formula is C19H24N2O4. The van der Waals surface area contributed by atoms with Gasteiger partial charge in [0.2, 0.25) is 0 Å². The SMILES string of the molecule is Cc1ccc2c(c1)c(CC(C)N)c1n2CCC1.O=C(O)/C=C/C(=O)O. The van der Waals surface area contributed by atoms with Crippen LogP contribution < -0.4 is 5.73 Å². The summed E-state index contributed by atoms with van der Waals surface area (Å²) in [5.74, 6) is -2.51. The summed E-state index contributed by atoms with van der Waals surface area (Å²) in [6.45, 7) is 5.44. The lowest BCUT2D eigenvalue weighted by atomic mass is 10.0. The molecule has 1 atom stereocenters. The van der Waals surface area contributed by atoms with E-state index in [0.29, 0.717) is 12.2 Å². The highest BCUT2D eigenvalue weighted by Crippen LogP contribution is 2.32. The van der Waals surface area contributed by atoms with Gasteiger partial charge in [0.15, 0.2) is 0 Å². The second kappa shape index (κ2) is 7.98. The van der Waals surface area contributed by atoms with E-state index in [1.165, 1.54) is 47.1 Å². The van der Waals surface area contributed by atoms with Crippen LogP contribution in [0.25, 0.3) is 10.9 Å². The van der Waals surface area contributed by atoms with Gasteiger partial charge in [-0.1, -0.05) is 11.6 Å². The van der Waals surface area contributed by atoms with Gasteiger partial charge in [-0.05, 0) is 50.8 Å². The van der Waals surface area contributed by atoms with Gasteiger partial charge in [-0.2, -0.15) is 0 Å². The molecule has 2 heterocycles. The van der Waals surface area contributed by atoms with Crippen molar-refractivity contribution in [2.75, 3.05) is 0 Å². The third-order valence-corrected chi connectivity index (χ3v) is 4.13. The molecule has 1 aliphatic rings. The molecule has 0 saturated carbocycles. The van der Waals surface area contributed by atoms with Crippen LogP contribution in [0.1, 0.15) is 30.2 Å². The lowest BCUT2D eigenvalue weighted by Gasteiger charge is -2.06. The number of benzene rings is 1. The van der Waals surface area contributed by atoms with E-state index in [4.69, 9.17) is 15.9 Å². The normalized spacial score (nSPS) is 14.2. The monoisotopic (exact) mass is 344 g/mol. The summed E-state index contributed by atoms with van der Waals surface area (Å²) >= 11 is 0. The van der Waals surface area contributed by atoms with Gasteiger partial charge in [0.05, 0.1) is 0 Å². The maximum Gasteiger partial charge on any atom is 0.328 e. The summed E-state index contributed by atoms with van der Waals surface area (Å²) < 4.78 is 2.49. The highest BCUT2D eigenvalue weighted by Gasteiger charge is 2.21. The largest absolute Gasteiger partial charge is 0.478 e. The molecule has 0 fully saturated rings. The molecule has 0 aliphatic carbocycles. The van der Waals surface area contributed by atoms with Gasteiger partial charge in [0.25, 0.3) is 0 Å². The molecule has 0 radical (unpaired) electrons. The predicted octanol–water partition coefficient (Wildman–Crippen LogP) is 2.50. The zero-order valence-electron chi connectivity index (χ0n) is 14.5. The summed E-state index contributed by atoms with van der Waals surface area (Å²) in [6, 6.07) is 7.04. The topological polar surface area (TPSA) is 106 Å². The third kappa shape index (κ3) is 4.70. The molecule has 1 aliphatic heterocycles. The number of fused-ring (bicyclic) bond motifs is 3. The van der Waals surface area contributed by atoms with Crippen molar-refractivity contribution >= 4 is 22.8 Å². The fraction of sp³-hybridized carbons (Fsp3) is 0.368. The van der Waals surface area contributed by atoms with Crippen molar-refractivity contribution in [1.82, 2.24) is 4.57 Å². The van der Waals surface area contributed by atoms with E-state index in [1.807, 2.05) is 0 Å². The second-order valence-electron chi connectivity index (χ2n) is 6.39. The van der Waals surface area contributed by atoms with E-state index in [1.54, 1.807) is 0 Å². The predicted molar refractivity (Wildman–Crippen MR) is 96.8 cm³/mol. The molecule has 4 N–H and O–H groups in total. The van der Waals surface area contributed by atoms with E-state index in [0.717, 1.165) is 6.42 Å². The zero-order chi connectivity index (χ0) is 18.6. The van der Waals surface area contributed by atoms with E-state index < -0.39 is 11.9 Å². The Morgan fingerprint density at radius 1 is 1.28 bits per heavy atom.